The van der Waals surface area contributed by atoms with Crippen molar-refractivity contribution in [2.24, 2.45) is 21.9 Å². The zero-order valence-corrected chi connectivity index (χ0v) is 12.6. The SMILES string of the molecule is CON=C(N)N1CC(C)C(c2cccc(Cl)c2O)=N1.Cl. The number of rotatable bonds is 2. The molecule has 1 atom stereocenters. The summed E-state index contributed by atoms with van der Waals surface area (Å²) in [5.74, 6) is 0.291. The predicted octanol–water partition coefficient (Wildman–Crippen LogP) is 2.00. The van der Waals surface area contributed by atoms with E-state index in [9.17, 15) is 5.11 Å². The van der Waals surface area contributed by atoms with Gasteiger partial charge in [-0.25, -0.2) is 5.01 Å². The van der Waals surface area contributed by atoms with Crippen LogP contribution in [0.5, 0.6) is 5.75 Å². The van der Waals surface area contributed by atoms with E-state index in [-0.39, 0.29) is 30.0 Å². The molecule has 110 valence electrons. The maximum atomic E-state index is 9.99. The van der Waals surface area contributed by atoms with Crippen molar-refractivity contribution in [1.29, 1.82) is 0 Å². The average molecular weight is 319 g/mol. The Labute approximate surface area is 128 Å². The third-order valence-corrected chi connectivity index (χ3v) is 3.16. The van der Waals surface area contributed by atoms with Crippen molar-refractivity contribution < 1.29 is 9.94 Å². The zero-order valence-electron chi connectivity index (χ0n) is 11.1. The van der Waals surface area contributed by atoms with E-state index >= 15 is 0 Å². The third kappa shape index (κ3) is 3.08. The molecule has 0 fully saturated rings. The van der Waals surface area contributed by atoms with Crippen molar-refractivity contribution in [3.05, 3.63) is 28.8 Å². The first kappa shape index (κ1) is 16.4. The van der Waals surface area contributed by atoms with Crippen LogP contribution in [0.3, 0.4) is 0 Å². The highest BCUT2D eigenvalue weighted by Crippen LogP contribution is 2.31. The number of hydrazone groups is 1. The van der Waals surface area contributed by atoms with E-state index in [2.05, 4.69) is 15.1 Å². The Hall–Kier alpha value is -1.66. The van der Waals surface area contributed by atoms with Gasteiger partial charge in [-0.15, -0.1) is 12.4 Å². The minimum atomic E-state index is 0. The number of nitrogens with two attached hydrogens (primary N) is 1. The molecule has 0 aromatic heterocycles. The summed E-state index contributed by atoms with van der Waals surface area (Å²) < 4.78 is 0. The summed E-state index contributed by atoms with van der Waals surface area (Å²) >= 11 is 5.90. The van der Waals surface area contributed by atoms with Gasteiger partial charge < -0.3 is 15.7 Å². The minimum Gasteiger partial charge on any atom is -0.506 e. The number of para-hydroxylation sites is 1. The average Bonchev–Trinajstić information content (AvgIpc) is 2.75. The number of hydrogen-bond acceptors (Lipinski definition) is 4. The van der Waals surface area contributed by atoms with Crippen LogP contribution in [-0.2, 0) is 4.84 Å². The third-order valence-electron chi connectivity index (χ3n) is 2.85. The molecule has 0 bridgehead atoms. The molecule has 3 N–H and O–H groups in total. The first-order valence-corrected chi connectivity index (χ1v) is 6.13. The molecular formula is C12H16Cl2N4O2. The van der Waals surface area contributed by atoms with Gasteiger partial charge in [-0.2, -0.15) is 5.10 Å². The summed E-state index contributed by atoms with van der Waals surface area (Å²) in [5, 5.41) is 19.8. The molecule has 0 saturated carbocycles. The Balaban J connectivity index is 0.00000200. The quantitative estimate of drug-likeness (QED) is 0.496. The Morgan fingerprint density at radius 3 is 2.95 bits per heavy atom. The van der Waals surface area contributed by atoms with Gasteiger partial charge in [0.25, 0.3) is 5.96 Å². The summed E-state index contributed by atoms with van der Waals surface area (Å²) in [4.78, 5) is 4.62. The summed E-state index contributed by atoms with van der Waals surface area (Å²) in [7, 11) is 1.42. The molecule has 0 radical (unpaired) electrons. The van der Waals surface area contributed by atoms with E-state index < -0.39 is 0 Å². The van der Waals surface area contributed by atoms with E-state index in [1.165, 1.54) is 12.1 Å². The molecule has 0 spiro atoms. The maximum Gasteiger partial charge on any atom is 0.253 e. The lowest BCUT2D eigenvalue weighted by molar-refractivity contribution is 0.205. The Bertz CT molecular complexity index is 548. The Morgan fingerprint density at radius 1 is 1.60 bits per heavy atom. The van der Waals surface area contributed by atoms with Crippen molar-refractivity contribution in [3.8, 4) is 5.75 Å². The molecule has 0 saturated heterocycles. The Morgan fingerprint density at radius 2 is 2.30 bits per heavy atom. The van der Waals surface area contributed by atoms with Crippen molar-refractivity contribution in [2.45, 2.75) is 6.92 Å². The van der Waals surface area contributed by atoms with Crippen molar-refractivity contribution in [3.63, 3.8) is 0 Å². The van der Waals surface area contributed by atoms with E-state index in [1.807, 2.05) is 6.92 Å². The number of nitrogens with zero attached hydrogens (tertiary/aromatic N) is 3. The zero-order chi connectivity index (χ0) is 14.0. The lowest BCUT2D eigenvalue weighted by Crippen LogP contribution is -2.32. The van der Waals surface area contributed by atoms with Crippen LogP contribution in [0.1, 0.15) is 12.5 Å². The number of benzene rings is 1. The first-order valence-electron chi connectivity index (χ1n) is 5.75. The topological polar surface area (TPSA) is 83.4 Å². The number of phenolic OH excluding ortho intramolecular Hbond substituents is 1. The van der Waals surface area contributed by atoms with Crippen molar-refractivity contribution >= 4 is 35.7 Å². The second-order valence-corrected chi connectivity index (χ2v) is 4.64. The van der Waals surface area contributed by atoms with Gasteiger partial charge in [-0.3, -0.25) is 0 Å². The molecular weight excluding hydrogens is 303 g/mol. The van der Waals surface area contributed by atoms with Crippen molar-refractivity contribution in [1.82, 2.24) is 5.01 Å². The first-order chi connectivity index (χ1) is 9.04. The van der Waals surface area contributed by atoms with Crippen molar-refractivity contribution in [2.75, 3.05) is 13.7 Å². The van der Waals surface area contributed by atoms with Crippen LogP contribution in [-0.4, -0.2) is 35.4 Å². The minimum absolute atomic E-state index is 0. The van der Waals surface area contributed by atoms with E-state index in [0.717, 1.165) is 0 Å². The van der Waals surface area contributed by atoms with Crippen LogP contribution in [0.25, 0.3) is 0 Å². The Kier molecular flexibility index (Phi) is 5.47. The van der Waals surface area contributed by atoms with Crippen LogP contribution >= 0.6 is 24.0 Å². The summed E-state index contributed by atoms with van der Waals surface area (Å²) in [6, 6.07) is 5.16. The normalized spacial score (nSPS) is 18.6. The van der Waals surface area contributed by atoms with Crippen LogP contribution < -0.4 is 5.73 Å². The van der Waals surface area contributed by atoms with Gasteiger partial charge in [-0.1, -0.05) is 24.6 Å². The summed E-state index contributed by atoms with van der Waals surface area (Å²) in [6.45, 7) is 2.55. The second kappa shape index (κ2) is 6.67. The van der Waals surface area contributed by atoms with Crippen LogP contribution in [0.4, 0.5) is 0 Å². The largest absolute Gasteiger partial charge is 0.506 e. The number of aromatic hydroxyl groups is 1. The summed E-state index contributed by atoms with van der Waals surface area (Å²) in [6.07, 6.45) is 0. The van der Waals surface area contributed by atoms with E-state index in [4.69, 9.17) is 17.3 Å². The van der Waals surface area contributed by atoms with Gasteiger partial charge in [0, 0.05) is 11.5 Å². The molecule has 1 aromatic carbocycles. The van der Waals surface area contributed by atoms with Gasteiger partial charge >= 0.3 is 0 Å². The van der Waals surface area contributed by atoms with Gasteiger partial charge in [0.05, 0.1) is 17.3 Å². The molecule has 1 aliphatic rings. The fourth-order valence-electron chi connectivity index (χ4n) is 1.94. The fraction of sp³-hybridized carbons (Fsp3) is 0.333. The van der Waals surface area contributed by atoms with E-state index in [0.29, 0.717) is 22.8 Å². The van der Waals surface area contributed by atoms with Gasteiger partial charge in [0.2, 0.25) is 0 Å². The maximum absolute atomic E-state index is 9.99. The number of guanidine groups is 1. The van der Waals surface area contributed by atoms with Crippen LogP contribution in [0.2, 0.25) is 5.02 Å². The highest BCUT2D eigenvalue weighted by molar-refractivity contribution is 6.32. The smallest absolute Gasteiger partial charge is 0.253 e. The highest BCUT2D eigenvalue weighted by atomic mass is 35.5. The molecule has 1 unspecified atom stereocenters. The monoisotopic (exact) mass is 318 g/mol. The molecule has 0 amide bonds. The lowest BCUT2D eigenvalue weighted by Gasteiger charge is -2.11. The van der Waals surface area contributed by atoms with Gasteiger partial charge in [0.1, 0.15) is 12.9 Å². The standard InChI is InChI=1S/C12H15ClN4O2.ClH/c1-7-6-17(12(14)16-19-2)15-10(7)8-4-3-5-9(13)11(8)18;/h3-5,7,18H,6H2,1-2H3,(H2,14,16);1H. The molecule has 0 aliphatic carbocycles. The summed E-state index contributed by atoms with van der Waals surface area (Å²) in [5.41, 5.74) is 7.04. The van der Waals surface area contributed by atoms with Crippen LogP contribution in [0.15, 0.2) is 28.5 Å². The molecule has 1 aromatic rings. The molecule has 1 aliphatic heterocycles. The molecule has 2 rings (SSSR count). The number of oxime groups is 1. The molecule has 8 heteroatoms. The lowest BCUT2D eigenvalue weighted by atomic mass is 9.99. The van der Waals surface area contributed by atoms with Crippen LogP contribution in [0, 0.1) is 5.92 Å². The fourth-order valence-corrected chi connectivity index (χ4v) is 2.12. The van der Waals surface area contributed by atoms with Gasteiger partial charge in [-0.05, 0) is 17.3 Å². The highest BCUT2D eigenvalue weighted by Gasteiger charge is 2.28. The number of halogens is 2. The molecule has 6 nitrogen and oxygen atoms in total. The number of hydrogen-bond donors (Lipinski definition) is 2. The number of phenols is 1. The van der Waals surface area contributed by atoms with Gasteiger partial charge in [0.15, 0.2) is 0 Å². The predicted molar refractivity (Wildman–Crippen MR) is 81.4 cm³/mol. The molecule has 1 heterocycles. The molecule has 20 heavy (non-hydrogen) atoms. The second-order valence-electron chi connectivity index (χ2n) is 4.24. The van der Waals surface area contributed by atoms with E-state index in [1.54, 1.807) is 18.2 Å².